The highest BCUT2D eigenvalue weighted by atomic mass is 79.9. The van der Waals surface area contributed by atoms with Crippen molar-refractivity contribution in [3.63, 3.8) is 0 Å². The van der Waals surface area contributed by atoms with Gasteiger partial charge in [-0.2, -0.15) is 0 Å². The number of Topliss-reactive ketones (excluding diaryl/α,β-unsaturated/α-hetero) is 1. The first-order chi connectivity index (χ1) is 8.72. The van der Waals surface area contributed by atoms with E-state index in [1.807, 2.05) is 30.3 Å². The predicted octanol–water partition coefficient (Wildman–Crippen LogP) is 3.92. The molecule has 0 unspecified atom stereocenters. The van der Waals surface area contributed by atoms with Gasteiger partial charge in [0.05, 0.1) is 11.2 Å². The summed E-state index contributed by atoms with van der Waals surface area (Å²) in [6, 6.07) is 15.6. The summed E-state index contributed by atoms with van der Waals surface area (Å²) in [5.74, 6) is -0.573. The molecule has 0 fully saturated rings. The van der Waals surface area contributed by atoms with E-state index in [4.69, 9.17) is 0 Å². The smallest absolute Gasteiger partial charge is 0.155 e. The van der Waals surface area contributed by atoms with Crippen molar-refractivity contribution in [3.05, 3.63) is 71.5 Å². The van der Waals surface area contributed by atoms with Crippen LogP contribution in [0.1, 0.15) is 17.0 Å². The molecule has 0 aliphatic carbocycles. The summed E-state index contributed by atoms with van der Waals surface area (Å²) in [7, 11) is 0. The molecule has 0 aliphatic heterocycles. The Kier molecular flexibility index (Phi) is 4.26. The van der Waals surface area contributed by atoms with Crippen LogP contribution in [0.5, 0.6) is 0 Å². The van der Waals surface area contributed by atoms with Crippen molar-refractivity contribution in [2.75, 3.05) is 5.33 Å². The lowest BCUT2D eigenvalue weighted by Crippen LogP contribution is -2.15. The number of rotatable bonds is 4. The lowest BCUT2D eigenvalue weighted by Gasteiger charge is -2.15. The molecule has 0 heterocycles. The second-order valence-electron chi connectivity index (χ2n) is 4.00. The molecule has 0 saturated heterocycles. The molecule has 0 saturated carbocycles. The molecule has 3 heteroatoms. The normalized spacial score (nSPS) is 12.1. The second kappa shape index (κ2) is 5.91. The maximum atomic E-state index is 12.9. The minimum atomic E-state index is -0.342. The van der Waals surface area contributed by atoms with Crippen LogP contribution in [0, 0.1) is 5.82 Å². The van der Waals surface area contributed by atoms with Crippen LogP contribution in [0.4, 0.5) is 4.39 Å². The van der Waals surface area contributed by atoms with Crippen LogP contribution in [0.3, 0.4) is 0 Å². The molecule has 0 amide bonds. The molecule has 0 aromatic heterocycles. The summed E-state index contributed by atoms with van der Waals surface area (Å²) in [4.78, 5) is 12.1. The van der Waals surface area contributed by atoms with Crippen molar-refractivity contribution in [2.45, 2.75) is 5.92 Å². The summed E-state index contributed by atoms with van der Waals surface area (Å²) < 4.78 is 12.9. The lowest BCUT2D eigenvalue weighted by atomic mass is 9.88. The van der Waals surface area contributed by atoms with Crippen molar-refractivity contribution in [2.24, 2.45) is 0 Å². The Labute approximate surface area is 114 Å². The molecule has 1 atom stereocenters. The van der Waals surface area contributed by atoms with Gasteiger partial charge in [-0.05, 0) is 23.3 Å². The summed E-state index contributed by atoms with van der Waals surface area (Å²) in [6.45, 7) is 0. The first-order valence-corrected chi connectivity index (χ1v) is 6.73. The van der Waals surface area contributed by atoms with Crippen LogP contribution >= 0.6 is 15.9 Å². The standard InChI is InChI=1S/C15H12BrFO/c16-10-14(18)15(11-4-2-1-3-5-11)12-6-8-13(17)9-7-12/h1-9,15H,10H2/t15-/m0/s1. The Hall–Kier alpha value is -1.48. The number of alkyl halides is 1. The van der Waals surface area contributed by atoms with Crippen molar-refractivity contribution < 1.29 is 9.18 Å². The van der Waals surface area contributed by atoms with E-state index in [1.165, 1.54) is 12.1 Å². The van der Waals surface area contributed by atoms with Gasteiger partial charge in [-0.25, -0.2) is 4.39 Å². The fourth-order valence-corrected chi connectivity index (χ4v) is 2.27. The SMILES string of the molecule is O=C(CBr)[C@@H](c1ccccc1)c1ccc(F)cc1. The Morgan fingerprint density at radius 3 is 2.11 bits per heavy atom. The van der Waals surface area contributed by atoms with Crippen molar-refractivity contribution in [3.8, 4) is 0 Å². The maximum Gasteiger partial charge on any atom is 0.155 e. The van der Waals surface area contributed by atoms with Gasteiger partial charge in [-0.15, -0.1) is 0 Å². The van der Waals surface area contributed by atoms with Gasteiger partial charge in [0.2, 0.25) is 0 Å². The number of benzene rings is 2. The van der Waals surface area contributed by atoms with E-state index in [9.17, 15) is 9.18 Å². The van der Waals surface area contributed by atoms with E-state index in [0.29, 0.717) is 0 Å². The van der Waals surface area contributed by atoms with Gasteiger partial charge in [-0.1, -0.05) is 58.4 Å². The van der Waals surface area contributed by atoms with E-state index in [2.05, 4.69) is 15.9 Å². The Bertz CT molecular complexity index is 522. The monoisotopic (exact) mass is 306 g/mol. The summed E-state index contributed by atoms with van der Waals surface area (Å²) in [5.41, 5.74) is 1.74. The molecule has 1 nitrogen and oxygen atoms in total. The third-order valence-corrected chi connectivity index (χ3v) is 3.34. The number of halogens is 2. The number of hydrogen-bond acceptors (Lipinski definition) is 1. The van der Waals surface area contributed by atoms with E-state index >= 15 is 0 Å². The first kappa shape index (κ1) is 13.0. The highest BCUT2D eigenvalue weighted by Crippen LogP contribution is 2.26. The van der Waals surface area contributed by atoms with Crippen LogP contribution < -0.4 is 0 Å². The zero-order valence-electron chi connectivity index (χ0n) is 9.64. The van der Waals surface area contributed by atoms with Gasteiger partial charge in [0.25, 0.3) is 0 Å². The van der Waals surface area contributed by atoms with Crippen molar-refractivity contribution in [1.82, 2.24) is 0 Å². The van der Waals surface area contributed by atoms with Crippen LogP contribution in [0.2, 0.25) is 0 Å². The Balaban J connectivity index is 2.43. The van der Waals surface area contributed by atoms with Gasteiger partial charge in [-0.3, -0.25) is 4.79 Å². The molecule has 0 N–H and O–H groups in total. The first-order valence-electron chi connectivity index (χ1n) is 5.61. The molecular weight excluding hydrogens is 295 g/mol. The quantitative estimate of drug-likeness (QED) is 0.782. The average Bonchev–Trinajstić information content (AvgIpc) is 2.42. The van der Waals surface area contributed by atoms with Crippen molar-refractivity contribution in [1.29, 1.82) is 0 Å². The third-order valence-electron chi connectivity index (χ3n) is 2.79. The van der Waals surface area contributed by atoms with Gasteiger partial charge >= 0.3 is 0 Å². The minimum absolute atomic E-state index is 0.0628. The van der Waals surface area contributed by atoms with Gasteiger partial charge in [0.15, 0.2) is 5.78 Å². The molecule has 2 aromatic carbocycles. The molecule has 0 aliphatic rings. The van der Waals surface area contributed by atoms with Gasteiger partial charge in [0, 0.05) is 0 Å². The summed E-state index contributed by atoms with van der Waals surface area (Å²) >= 11 is 3.20. The zero-order chi connectivity index (χ0) is 13.0. The van der Waals surface area contributed by atoms with Crippen molar-refractivity contribution >= 4 is 21.7 Å². The maximum absolute atomic E-state index is 12.9. The average molecular weight is 307 g/mol. The van der Waals surface area contributed by atoms with Crippen LogP contribution in [-0.2, 0) is 4.79 Å². The van der Waals surface area contributed by atoms with Gasteiger partial charge in [0.1, 0.15) is 5.82 Å². The molecule has 2 aromatic rings. The highest BCUT2D eigenvalue weighted by Gasteiger charge is 2.21. The zero-order valence-corrected chi connectivity index (χ0v) is 11.2. The highest BCUT2D eigenvalue weighted by molar-refractivity contribution is 9.09. The second-order valence-corrected chi connectivity index (χ2v) is 4.56. The van der Waals surface area contributed by atoms with Crippen LogP contribution in [0.25, 0.3) is 0 Å². The fraction of sp³-hybridized carbons (Fsp3) is 0.133. The molecule has 0 bridgehead atoms. The molecule has 2 rings (SSSR count). The Morgan fingerprint density at radius 2 is 1.56 bits per heavy atom. The number of hydrogen-bond donors (Lipinski definition) is 0. The molecule has 0 spiro atoms. The molecule has 92 valence electrons. The number of ketones is 1. The fourth-order valence-electron chi connectivity index (χ4n) is 1.94. The van der Waals surface area contributed by atoms with E-state index < -0.39 is 0 Å². The minimum Gasteiger partial charge on any atom is -0.298 e. The topological polar surface area (TPSA) is 17.1 Å². The third kappa shape index (κ3) is 2.85. The molecular formula is C15H12BrFO. The lowest BCUT2D eigenvalue weighted by molar-refractivity contribution is -0.117. The van der Waals surface area contributed by atoms with E-state index in [-0.39, 0.29) is 22.8 Å². The van der Waals surface area contributed by atoms with E-state index in [1.54, 1.807) is 12.1 Å². The summed E-state index contributed by atoms with van der Waals surface area (Å²) in [5, 5.41) is 0.282. The van der Waals surface area contributed by atoms with E-state index in [0.717, 1.165) is 11.1 Å². The van der Waals surface area contributed by atoms with Gasteiger partial charge < -0.3 is 0 Å². The Morgan fingerprint density at radius 1 is 1.00 bits per heavy atom. The largest absolute Gasteiger partial charge is 0.298 e. The molecule has 18 heavy (non-hydrogen) atoms. The molecule has 0 radical (unpaired) electrons. The van der Waals surface area contributed by atoms with Crippen LogP contribution in [-0.4, -0.2) is 11.1 Å². The number of carbonyl (C=O) groups is 1. The summed E-state index contributed by atoms with van der Waals surface area (Å²) in [6.07, 6.45) is 0. The number of carbonyl (C=O) groups excluding carboxylic acids is 1. The predicted molar refractivity (Wildman–Crippen MR) is 73.5 cm³/mol. The van der Waals surface area contributed by atoms with Crippen LogP contribution in [0.15, 0.2) is 54.6 Å².